The second-order valence-corrected chi connectivity index (χ2v) is 7.06. The summed E-state index contributed by atoms with van der Waals surface area (Å²) in [7, 11) is 0. The standard InChI is InChI=1S/C20H21N3O3S/c24-23(25)18-7-5-17(6-8-18)22-12-11-21-14-16-3-9-19(10-4-16)26-15-20-2-1-13-27-20/h1-10,13,21-22H,11-12,14-15H2/p+1. The predicted molar refractivity (Wildman–Crippen MR) is 107 cm³/mol. The highest BCUT2D eigenvalue weighted by molar-refractivity contribution is 7.09. The Morgan fingerprint density at radius 2 is 1.85 bits per heavy atom. The van der Waals surface area contributed by atoms with Crippen LogP contribution in [0.5, 0.6) is 5.75 Å². The van der Waals surface area contributed by atoms with Crippen molar-refractivity contribution >= 4 is 22.7 Å². The van der Waals surface area contributed by atoms with Crippen molar-refractivity contribution in [1.29, 1.82) is 0 Å². The molecule has 0 aliphatic heterocycles. The number of nitrogens with two attached hydrogens (primary N) is 1. The van der Waals surface area contributed by atoms with Crippen molar-refractivity contribution in [1.82, 2.24) is 0 Å². The first-order valence-corrected chi connectivity index (χ1v) is 9.63. The van der Waals surface area contributed by atoms with Crippen LogP contribution in [-0.4, -0.2) is 18.0 Å². The third-order valence-electron chi connectivity index (χ3n) is 4.02. The molecule has 0 aliphatic carbocycles. The number of rotatable bonds is 10. The number of nitrogens with zero attached hydrogens (tertiary/aromatic N) is 1. The Morgan fingerprint density at radius 3 is 2.52 bits per heavy atom. The molecule has 3 N–H and O–H groups in total. The van der Waals surface area contributed by atoms with E-state index in [2.05, 4.69) is 28.8 Å². The molecule has 0 radical (unpaired) electrons. The van der Waals surface area contributed by atoms with E-state index in [-0.39, 0.29) is 5.69 Å². The molecule has 0 atom stereocenters. The fourth-order valence-electron chi connectivity index (χ4n) is 2.56. The van der Waals surface area contributed by atoms with Crippen LogP contribution in [0.2, 0.25) is 0 Å². The lowest BCUT2D eigenvalue weighted by Gasteiger charge is -2.07. The molecule has 0 unspecified atom stereocenters. The van der Waals surface area contributed by atoms with Gasteiger partial charge in [0.1, 0.15) is 18.9 Å². The van der Waals surface area contributed by atoms with Crippen LogP contribution in [-0.2, 0) is 13.2 Å². The summed E-state index contributed by atoms with van der Waals surface area (Å²) in [5, 5.41) is 18.2. The molecule has 27 heavy (non-hydrogen) atoms. The Morgan fingerprint density at radius 1 is 1.07 bits per heavy atom. The minimum atomic E-state index is -0.393. The van der Waals surface area contributed by atoms with Crippen molar-refractivity contribution < 1.29 is 15.0 Å². The number of nitrogens with one attached hydrogen (secondary N) is 1. The number of ether oxygens (including phenoxy) is 1. The molecule has 0 amide bonds. The summed E-state index contributed by atoms with van der Waals surface area (Å²) >= 11 is 1.70. The topological polar surface area (TPSA) is 81.0 Å². The first-order valence-electron chi connectivity index (χ1n) is 8.75. The molecule has 140 valence electrons. The zero-order chi connectivity index (χ0) is 18.9. The Kier molecular flexibility index (Phi) is 6.78. The highest BCUT2D eigenvalue weighted by Crippen LogP contribution is 2.16. The van der Waals surface area contributed by atoms with E-state index < -0.39 is 4.92 Å². The van der Waals surface area contributed by atoms with Crippen molar-refractivity contribution in [3.63, 3.8) is 0 Å². The van der Waals surface area contributed by atoms with Crippen molar-refractivity contribution in [2.75, 3.05) is 18.4 Å². The van der Waals surface area contributed by atoms with Gasteiger partial charge in [-0.25, -0.2) is 0 Å². The van der Waals surface area contributed by atoms with E-state index in [1.54, 1.807) is 23.5 Å². The van der Waals surface area contributed by atoms with Crippen molar-refractivity contribution in [2.24, 2.45) is 0 Å². The van der Waals surface area contributed by atoms with Crippen molar-refractivity contribution in [3.8, 4) is 5.75 Å². The number of thiophene rings is 1. The average Bonchev–Trinajstić information content (AvgIpc) is 3.21. The second-order valence-electron chi connectivity index (χ2n) is 6.02. The fraction of sp³-hybridized carbons (Fsp3) is 0.200. The van der Waals surface area contributed by atoms with Crippen LogP contribution in [0.15, 0.2) is 66.0 Å². The van der Waals surface area contributed by atoms with E-state index in [0.29, 0.717) is 6.61 Å². The summed E-state index contributed by atoms with van der Waals surface area (Å²) in [6, 6.07) is 18.8. The van der Waals surface area contributed by atoms with Gasteiger partial charge in [-0.15, -0.1) is 11.3 Å². The smallest absolute Gasteiger partial charge is 0.269 e. The summed E-state index contributed by atoms with van der Waals surface area (Å²) in [6.45, 7) is 3.21. The quantitative estimate of drug-likeness (QED) is 0.319. The Hall–Kier alpha value is -2.90. The third-order valence-corrected chi connectivity index (χ3v) is 4.87. The molecule has 2 aromatic carbocycles. The molecule has 1 heterocycles. The van der Waals surface area contributed by atoms with E-state index in [1.165, 1.54) is 22.6 Å². The molecule has 7 heteroatoms. The molecule has 1 aromatic heterocycles. The van der Waals surface area contributed by atoms with E-state index >= 15 is 0 Å². The van der Waals surface area contributed by atoms with Crippen molar-refractivity contribution in [3.05, 3.63) is 86.6 Å². The lowest BCUT2D eigenvalue weighted by Crippen LogP contribution is -2.83. The monoisotopic (exact) mass is 384 g/mol. The van der Waals surface area contributed by atoms with Gasteiger partial charge in [0, 0.05) is 28.3 Å². The minimum Gasteiger partial charge on any atom is -0.488 e. The number of nitro benzene ring substituents is 1. The first-order chi connectivity index (χ1) is 13.2. The number of quaternary nitrogens is 1. The van der Waals surface area contributed by atoms with E-state index in [4.69, 9.17) is 4.74 Å². The van der Waals surface area contributed by atoms with Crippen LogP contribution >= 0.6 is 11.3 Å². The van der Waals surface area contributed by atoms with Crippen LogP contribution in [0.3, 0.4) is 0 Å². The highest BCUT2D eigenvalue weighted by Gasteiger charge is 2.03. The maximum absolute atomic E-state index is 10.6. The van der Waals surface area contributed by atoms with Gasteiger partial charge in [0.15, 0.2) is 0 Å². The van der Waals surface area contributed by atoms with E-state index in [9.17, 15) is 10.1 Å². The molecule has 0 fully saturated rings. The zero-order valence-corrected chi connectivity index (χ0v) is 15.7. The third kappa shape index (κ3) is 6.09. The molecule has 0 aliphatic rings. The van der Waals surface area contributed by atoms with Gasteiger partial charge in [-0.1, -0.05) is 6.07 Å². The van der Waals surface area contributed by atoms with Crippen LogP contribution in [0.4, 0.5) is 11.4 Å². The van der Waals surface area contributed by atoms with Gasteiger partial charge in [-0.05, 0) is 47.8 Å². The van der Waals surface area contributed by atoms with Gasteiger partial charge in [0.2, 0.25) is 0 Å². The summed E-state index contributed by atoms with van der Waals surface area (Å²) in [6.07, 6.45) is 0. The van der Waals surface area contributed by atoms with Gasteiger partial charge in [-0.2, -0.15) is 0 Å². The summed E-state index contributed by atoms with van der Waals surface area (Å²) in [4.78, 5) is 11.5. The Balaban J connectivity index is 1.33. The van der Waals surface area contributed by atoms with Gasteiger partial charge < -0.3 is 15.4 Å². The fourth-order valence-corrected chi connectivity index (χ4v) is 3.18. The van der Waals surface area contributed by atoms with Crippen LogP contribution in [0.25, 0.3) is 0 Å². The van der Waals surface area contributed by atoms with Gasteiger partial charge in [0.25, 0.3) is 5.69 Å². The van der Waals surface area contributed by atoms with E-state index in [0.717, 1.165) is 31.1 Å². The van der Waals surface area contributed by atoms with Crippen LogP contribution in [0.1, 0.15) is 10.4 Å². The van der Waals surface area contributed by atoms with Crippen LogP contribution in [0, 0.1) is 10.1 Å². The maximum atomic E-state index is 10.6. The molecular weight excluding hydrogens is 362 g/mol. The maximum Gasteiger partial charge on any atom is 0.269 e. The lowest BCUT2D eigenvalue weighted by atomic mass is 10.2. The molecule has 3 rings (SSSR count). The van der Waals surface area contributed by atoms with Gasteiger partial charge >= 0.3 is 0 Å². The molecule has 0 spiro atoms. The molecule has 3 aromatic rings. The Bertz CT molecular complexity index is 834. The summed E-state index contributed by atoms with van der Waals surface area (Å²) in [5.41, 5.74) is 2.24. The molecule has 0 saturated heterocycles. The molecule has 6 nitrogen and oxygen atoms in total. The number of nitro groups is 1. The zero-order valence-electron chi connectivity index (χ0n) is 14.8. The molecular formula is C20H22N3O3S+. The normalized spacial score (nSPS) is 10.5. The highest BCUT2D eigenvalue weighted by atomic mass is 32.1. The van der Waals surface area contributed by atoms with Crippen molar-refractivity contribution in [2.45, 2.75) is 13.2 Å². The van der Waals surface area contributed by atoms with E-state index in [1.807, 2.05) is 23.6 Å². The summed E-state index contributed by atoms with van der Waals surface area (Å²) in [5.74, 6) is 0.881. The predicted octanol–water partition coefficient (Wildman–Crippen LogP) is 3.41. The molecule has 0 saturated carbocycles. The number of non-ortho nitro benzene ring substituents is 1. The Labute approximate surface area is 162 Å². The molecule has 0 bridgehead atoms. The lowest BCUT2D eigenvalue weighted by molar-refractivity contribution is -0.668. The minimum absolute atomic E-state index is 0.106. The number of anilines is 1. The van der Waals surface area contributed by atoms with Crippen LogP contribution < -0.4 is 15.4 Å². The first kappa shape index (κ1) is 18.9. The number of hydrogen-bond donors (Lipinski definition) is 2. The second kappa shape index (κ2) is 9.70. The van der Waals surface area contributed by atoms with Gasteiger partial charge in [0.05, 0.1) is 18.0 Å². The largest absolute Gasteiger partial charge is 0.488 e. The number of hydrogen-bond acceptors (Lipinski definition) is 5. The average molecular weight is 384 g/mol. The SMILES string of the molecule is O=[N+]([O-])c1ccc(NCC[NH2+]Cc2ccc(OCc3cccs3)cc2)cc1. The van der Waals surface area contributed by atoms with Gasteiger partial charge in [-0.3, -0.25) is 10.1 Å². The number of benzene rings is 2. The summed E-state index contributed by atoms with van der Waals surface area (Å²) < 4.78 is 5.77.